The van der Waals surface area contributed by atoms with Crippen molar-refractivity contribution in [3.05, 3.63) is 35.4 Å². The quantitative estimate of drug-likeness (QED) is 0.726. The number of aromatic carboxylic acids is 1. The molecule has 100 valence electrons. The molecule has 6 heteroatoms. The molecule has 0 spiro atoms. The summed E-state index contributed by atoms with van der Waals surface area (Å²) in [5.74, 6) is -1.36. The van der Waals surface area contributed by atoms with E-state index in [9.17, 15) is 14.4 Å². The molecule has 1 atom stereocenters. The number of carboxylic acids is 1. The molecule has 2 rings (SSSR count). The fraction of sp³-hybridized carbons (Fsp3) is 0.308. The van der Waals surface area contributed by atoms with Gasteiger partial charge in [-0.1, -0.05) is 12.1 Å². The number of rotatable bonds is 4. The number of benzene rings is 1. The van der Waals surface area contributed by atoms with E-state index in [0.29, 0.717) is 18.4 Å². The molecular formula is C13H14N2O4. The molecule has 1 fully saturated rings. The van der Waals surface area contributed by atoms with Gasteiger partial charge in [0.2, 0.25) is 11.8 Å². The van der Waals surface area contributed by atoms with Gasteiger partial charge in [-0.2, -0.15) is 0 Å². The van der Waals surface area contributed by atoms with E-state index >= 15 is 0 Å². The highest BCUT2D eigenvalue weighted by molar-refractivity contribution is 5.91. The molecule has 3 N–H and O–H groups in total. The van der Waals surface area contributed by atoms with Crippen LogP contribution >= 0.6 is 0 Å². The Kier molecular flexibility index (Phi) is 3.79. The Bertz CT molecular complexity index is 527. The normalized spacial score (nSPS) is 17.9. The predicted molar refractivity (Wildman–Crippen MR) is 66.4 cm³/mol. The van der Waals surface area contributed by atoms with Gasteiger partial charge in [-0.25, -0.2) is 4.79 Å². The Balaban J connectivity index is 1.91. The average molecular weight is 262 g/mol. The van der Waals surface area contributed by atoms with Crippen LogP contribution in [-0.4, -0.2) is 28.9 Å². The standard InChI is InChI=1S/C13H14N2O4/c16-11-5-4-10(15-11)12(17)14-7-8-2-1-3-9(6-8)13(18)19/h1-3,6,10H,4-5,7H2,(H,14,17)(H,15,16)(H,18,19)/t10-/m1/s1. The predicted octanol–water partition coefficient (Wildman–Crippen LogP) is 0.280. The van der Waals surface area contributed by atoms with Crippen LogP contribution in [0.15, 0.2) is 24.3 Å². The van der Waals surface area contributed by atoms with Crippen LogP contribution in [0.1, 0.15) is 28.8 Å². The molecule has 0 saturated carbocycles. The van der Waals surface area contributed by atoms with Crippen LogP contribution in [0.4, 0.5) is 0 Å². The van der Waals surface area contributed by atoms with E-state index in [1.54, 1.807) is 12.1 Å². The zero-order chi connectivity index (χ0) is 13.8. The van der Waals surface area contributed by atoms with Crippen LogP contribution in [0, 0.1) is 0 Å². The molecule has 1 aromatic rings. The topological polar surface area (TPSA) is 95.5 Å². The molecule has 0 radical (unpaired) electrons. The van der Waals surface area contributed by atoms with E-state index in [-0.39, 0.29) is 23.9 Å². The van der Waals surface area contributed by atoms with Crippen molar-refractivity contribution < 1.29 is 19.5 Å². The van der Waals surface area contributed by atoms with Crippen molar-refractivity contribution in [2.45, 2.75) is 25.4 Å². The molecule has 2 amide bonds. The zero-order valence-electron chi connectivity index (χ0n) is 10.2. The van der Waals surface area contributed by atoms with Crippen LogP contribution in [-0.2, 0) is 16.1 Å². The number of carbonyl (C=O) groups is 3. The number of amides is 2. The first kappa shape index (κ1) is 13.1. The van der Waals surface area contributed by atoms with Gasteiger partial charge in [0, 0.05) is 13.0 Å². The maximum atomic E-state index is 11.7. The van der Waals surface area contributed by atoms with Crippen LogP contribution in [0.25, 0.3) is 0 Å². The number of carboxylic acid groups (broad SMARTS) is 1. The van der Waals surface area contributed by atoms with Gasteiger partial charge >= 0.3 is 5.97 Å². The Hall–Kier alpha value is -2.37. The Morgan fingerprint density at radius 3 is 2.84 bits per heavy atom. The van der Waals surface area contributed by atoms with Crippen LogP contribution < -0.4 is 10.6 Å². The Labute approximate surface area is 109 Å². The molecular weight excluding hydrogens is 248 g/mol. The molecule has 6 nitrogen and oxygen atoms in total. The summed E-state index contributed by atoms with van der Waals surface area (Å²) in [5, 5.41) is 14.1. The number of carbonyl (C=O) groups excluding carboxylic acids is 2. The van der Waals surface area contributed by atoms with E-state index in [4.69, 9.17) is 5.11 Å². The minimum atomic E-state index is -1.00. The first-order chi connectivity index (χ1) is 9.06. The second-order valence-electron chi connectivity index (χ2n) is 4.38. The molecule has 0 aliphatic carbocycles. The highest BCUT2D eigenvalue weighted by atomic mass is 16.4. The third-order valence-electron chi connectivity index (χ3n) is 2.95. The van der Waals surface area contributed by atoms with Gasteiger partial charge in [0.05, 0.1) is 5.56 Å². The summed E-state index contributed by atoms with van der Waals surface area (Å²) in [4.78, 5) is 33.5. The van der Waals surface area contributed by atoms with E-state index < -0.39 is 12.0 Å². The van der Waals surface area contributed by atoms with Crippen molar-refractivity contribution in [1.29, 1.82) is 0 Å². The zero-order valence-corrected chi connectivity index (χ0v) is 10.2. The molecule has 1 heterocycles. The summed E-state index contributed by atoms with van der Waals surface area (Å²) in [6.45, 7) is 0.242. The SMILES string of the molecule is O=C1CC[C@H](C(=O)NCc2cccc(C(=O)O)c2)N1. The Morgan fingerprint density at radius 1 is 1.42 bits per heavy atom. The van der Waals surface area contributed by atoms with Crippen molar-refractivity contribution in [3.63, 3.8) is 0 Å². The van der Waals surface area contributed by atoms with Crippen molar-refractivity contribution in [1.82, 2.24) is 10.6 Å². The highest BCUT2D eigenvalue weighted by Gasteiger charge is 2.26. The molecule has 1 aliphatic heterocycles. The van der Waals surface area contributed by atoms with Crippen molar-refractivity contribution in [2.75, 3.05) is 0 Å². The van der Waals surface area contributed by atoms with E-state index in [2.05, 4.69) is 10.6 Å². The lowest BCUT2D eigenvalue weighted by Gasteiger charge is -2.11. The first-order valence-electron chi connectivity index (χ1n) is 5.95. The van der Waals surface area contributed by atoms with Gasteiger partial charge in [0.15, 0.2) is 0 Å². The van der Waals surface area contributed by atoms with Crippen LogP contribution in [0.3, 0.4) is 0 Å². The third kappa shape index (κ3) is 3.31. The second kappa shape index (κ2) is 5.51. The van der Waals surface area contributed by atoms with Gasteiger partial charge in [0.25, 0.3) is 0 Å². The lowest BCUT2D eigenvalue weighted by atomic mass is 10.1. The largest absolute Gasteiger partial charge is 0.478 e. The number of hydrogen-bond donors (Lipinski definition) is 3. The summed E-state index contributed by atoms with van der Waals surface area (Å²) in [7, 11) is 0. The molecule has 19 heavy (non-hydrogen) atoms. The van der Waals surface area contributed by atoms with E-state index in [1.807, 2.05) is 0 Å². The van der Waals surface area contributed by atoms with Crippen molar-refractivity contribution in [3.8, 4) is 0 Å². The van der Waals surface area contributed by atoms with Crippen molar-refractivity contribution >= 4 is 17.8 Å². The smallest absolute Gasteiger partial charge is 0.335 e. The minimum Gasteiger partial charge on any atom is -0.478 e. The van der Waals surface area contributed by atoms with Crippen LogP contribution in [0.5, 0.6) is 0 Å². The van der Waals surface area contributed by atoms with Gasteiger partial charge in [-0.15, -0.1) is 0 Å². The Morgan fingerprint density at radius 2 is 2.21 bits per heavy atom. The lowest BCUT2D eigenvalue weighted by Crippen LogP contribution is -2.41. The summed E-state index contributed by atoms with van der Waals surface area (Å²) < 4.78 is 0. The molecule has 1 aromatic carbocycles. The van der Waals surface area contributed by atoms with Crippen LogP contribution in [0.2, 0.25) is 0 Å². The molecule has 0 unspecified atom stereocenters. The number of nitrogens with one attached hydrogen (secondary N) is 2. The van der Waals surface area contributed by atoms with Crippen molar-refractivity contribution in [2.24, 2.45) is 0 Å². The fourth-order valence-corrected chi connectivity index (χ4v) is 1.94. The summed E-state index contributed by atoms with van der Waals surface area (Å²) in [6, 6.07) is 5.89. The number of hydrogen-bond acceptors (Lipinski definition) is 3. The average Bonchev–Trinajstić information content (AvgIpc) is 2.83. The molecule has 1 aliphatic rings. The first-order valence-corrected chi connectivity index (χ1v) is 5.95. The molecule has 1 saturated heterocycles. The minimum absolute atomic E-state index is 0.118. The van der Waals surface area contributed by atoms with E-state index in [0.717, 1.165) is 0 Å². The van der Waals surface area contributed by atoms with Gasteiger partial charge in [-0.05, 0) is 24.1 Å². The summed E-state index contributed by atoms with van der Waals surface area (Å²) in [6.07, 6.45) is 0.867. The van der Waals surface area contributed by atoms with Gasteiger partial charge in [0.1, 0.15) is 6.04 Å². The van der Waals surface area contributed by atoms with Gasteiger partial charge in [-0.3, -0.25) is 9.59 Å². The fourth-order valence-electron chi connectivity index (χ4n) is 1.94. The maximum Gasteiger partial charge on any atom is 0.335 e. The summed E-state index contributed by atoms with van der Waals surface area (Å²) in [5.41, 5.74) is 0.887. The third-order valence-corrected chi connectivity index (χ3v) is 2.95. The second-order valence-corrected chi connectivity index (χ2v) is 4.38. The maximum absolute atomic E-state index is 11.7. The van der Waals surface area contributed by atoms with E-state index in [1.165, 1.54) is 12.1 Å². The highest BCUT2D eigenvalue weighted by Crippen LogP contribution is 2.08. The summed E-state index contributed by atoms with van der Waals surface area (Å²) >= 11 is 0. The molecule has 0 aromatic heterocycles. The van der Waals surface area contributed by atoms with Gasteiger partial charge < -0.3 is 15.7 Å². The molecule has 0 bridgehead atoms. The lowest BCUT2D eigenvalue weighted by molar-refractivity contribution is -0.125. The monoisotopic (exact) mass is 262 g/mol.